The van der Waals surface area contributed by atoms with E-state index >= 15 is 0 Å². The Morgan fingerprint density at radius 3 is 2.60 bits per heavy atom. The number of hydrogen-bond acceptors (Lipinski definition) is 3. The molecule has 0 aliphatic rings. The van der Waals surface area contributed by atoms with Gasteiger partial charge in [0.25, 0.3) is 0 Å². The van der Waals surface area contributed by atoms with Crippen LogP contribution in [-0.4, -0.2) is 16.2 Å². The average Bonchev–Trinajstić information content (AvgIpc) is 2.76. The van der Waals surface area contributed by atoms with Crippen LogP contribution in [0, 0.1) is 5.82 Å². The van der Waals surface area contributed by atoms with Crippen molar-refractivity contribution >= 4 is 17.6 Å². The monoisotopic (exact) mass is 297 g/mol. The highest BCUT2D eigenvalue weighted by atomic mass is 35.5. The van der Waals surface area contributed by atoms with Crippen molar-refractivity contribution in [2.24, 2.45) is 0 Å². The molecule has 0 amide bonds. The fourth-order valence-electron chi connectivity index (χ4n) is 1.86. The normalized spacial score (nSPS) is 11.7. The maximum atomic E-state index is 13.9. The van der Waals surface area contributed by atoms with Gasteiger partial charge in [-0.3, -0.25) is 0 Å². The number of benzene rings is 1. The Morgan fingerprint density at radius 2 is 2.05 bits per heavy atom. The molecule has 0 atom stereocenters. The lowest BCUT2D eigenvalue weighted by atomic mass is 9.89. The molecule has 2 aromatic rings. The number of rotatable bonds is 2. The molecule has 0 saturated carbocycles. The lowest BCUT2D eigenvalue weighted by Crippen LogP contribution is -2.15. The third kappa shape index (κ3) is 2.54. The predicted octanol–water partition coefficient (Wildman–Crippen LogP) is 4.13. The zero-order valence-corrected chi connectivity index (χ0v) is 12.0. The van der Waals surface area contributed by atoms with Crippen molar-refractivity contribution in [2.75, 3.05) is 0 Å². The van der Waals surface area contributed by atoms with E-state index in [1.807, 2.05) is 0 Å². The lowest BCUT2D eigenvalue weighted by molar-refractivity contribution is 0.0693. The van der Waals surface area contributed by atoms with Gasteiger partial charge in [-0.05, 0) is 18.2 Å². The van der Waals surface area contributed by atoms with Crippen molar-refractivity contribution < 1.29 is 18.8 Å². The minimum atomic E-state index is -1.22. The Labute approximate surface area is 120 Å². The summed E-state index contributed by atoms with van der Waals surface area (Å²) in [7, 11) is 0. The van der Waals surface area contributed by atoms with Gasteiger partial charge < -0.3 is 9.63 Å². The SMILES string of the molecule is CC(C)(C)c1onc(-c2cc(Cl)ccc2F)c1C(=O)O. The molecule has 0 spiro atoms. The number of aromatic carboxylic acids is 1. The molecule has 1 heterocycles. The van der Waals surface area contributed by atoms with Gasteiger partial charge in [-0.25, -0.2) is 9.18 Å². The van der Waals surface area contributed by atoms with E-state index in [1.54, 1.807) is 20.8 Å². The summed E-state index contributed by atoms with van der Waals surface area (Å²) in [5, 5.41) is 13.4. The van der Waals surface area contributed by atoms with E-state index in [2.05, 4.69) is 5.16 Å². The summed E-state index contributed by atoms with van der Waals surface area (Å²) >= 11 is 5.82. The van der Waals surface area contributed by atoms with Crippen LogP contribution in [0.1, 0.15) is 36.9 Å². The Morgan fingerprint density at radius 1 is 1.40 bits per heavy atom. The van der Waals surface area contributed by atoms with Crippen molar-refractivity contribution in [2.45, 2.75) is 26.2 Å². The number of carbonyl (C=O) groups is 1. The van der Waals surface area contributed by atoms with Gasteiger partial charge in [0, 0.05) is 16.0 Å². The second-order valence-electron chi connectivity index (χ2n) is 5.41. The number of nitrogens with zero attached hydrogens (tertiary/aromatic N) is 1. The van der Waals surface area contributed by atoms with E-state index in [0.29, 0.717) is 0 Å². The minimum Gasteiger partial charge on any atom is -0.477 e. The first-order valence-electron chi connectivity index (χ1n) is 5.90. The molecule has 1 N–H and O–H groups in total. The second kappa shape index (κ2) is 4.90. The quantitative estimate of drug-likeness (QED) is 0.905. The smallest absolute Gasteiger partial charge is 0.341 e. The Bertz CT molecular complexity index is 674. The van der Waals surface area contributed by atoms with Crippen LogP contribution in [0.3, 0.4) is 0 Å². The molecule has 6 heteroatoms. The third-order valence-electron chi connectivity index (χ3n) is 2.77. The van der Waals surface area contributed by atoms with Gasteiger partial charge in [-0.2, -0.15) is 0 Å². The highest BCUT2D eigenvalue weighted by molar-refractivity contribution is 6.30. The molecule has 0 aliphatic carbocycles. The van der Waals surface area contributed by atoms with Gasteiger partial charge in [0.05, 0.1) is 0 Å². The summed E-state index contributed by atoms with van der Waals surface area (Å²) in [5.74, 6) is -1.63. The van der Waals surface area contributed by atoms with Crippen molar-refractivity contribution in [3.8, 4) is 11.3 Å². The van der Waals surface area contributed by atoms with E-state index in [1.165, 1.54) is 12.1 Å². The molecule has 1 aromatic heterocycles. The number of carboxylic acid groups (broad SMARTS) is 1. The van der Waals surface area contributed by atoms with Gasteiger partial charge in [-0.1, -0.05) is 37.5 Å². The lowest BCUT2D eigenvalue weighted by Gasteiger charge is -2.14. The Hall–Kier alpha value is -1.88. The van der Waals surface area contributed by atoms with Crippen molar-refractivity contribution in [1.29, 1.82) is 0 Å². The van der Waals surface area contributed by atoms with Crippen LogP contribution in [0.25, 0.3) is 11.3 Å². The average molecular weight is 298 g/mol. The van der Waals surface area contributed by atoms with Crippen LogP contribution in [0.5, 0.6) is 0 Å². The first kappa shape index (κ1) is 14.5. The summed E-state index contributed by atoms with van der Waals surface area (Å²) in [6, 6.07) is 3.87. The third-order valence-corrected chi connectivity index (χ3v) is 3.01. The predicted molar refractivity (Wildman–Crippen MR) is 72.6 cm³/mol. The Kier molecular flexibility index (Phi) is 3.56. The maximum Gasteiger partial charge on any atom is 0.341 e. The van der Waals surface area contributed by atoms with Gasteiger partial charge >= 0.3 is 5.97 Å². The van der Waals surface area contributed by atoms with E-state index in [9.17, 15) is 14.3 Å². The summed E-state index contributed by atoms with van der Waals surface area (Å²) in [6.45, 7) is 5.37. The molecule has 4 nitrogen and oxygen atoms in total. The molecule has 0 bridgehead atoms. The molecule has 0 saturated heterocycles. The number of aromatic nitrogens is 1. The van der Waals surface area contributed by atoms with E-state index < -0.39 is 17.2 Å². The number of hydrogen-bond donors (Lipinski definition) is 1. The van der Waals surface area contributed by atoms with Crippen LogP contribution in [0.15, 0.2) is 22.7 Å². The molecule has 20 heavy (non-hydrogen) atoms. The standard InChI is InChI=1S/C14H13ClFNO3/c1-14(2,3)12-10(13(18)19)11(17-20-12)8-6-7(15)4-5-9(8)16/h4-6H,1-3H3,(H,18,19). The molecule has 0 aliphatic heterocycles. The van der Waals surface area contributed by atoms with Crippen LogP contribution < -0.4 is 0 Å². The summed E-state index contributed by atoms with van der Waals surface area (Å²) in [4.78, 5) is 11.5. The van der Waals surface area contributed by atoms with Gasteiger partial charge in [0.2, 0.25) is 0 Å². The van der Waals surface area contributed by atoms with Crippen LogP contribution in [0.2, 0.25) is 5.02 Å². The topological polar surface area (TPSA) is 63.3 Å². The molecular formula is C14H13ClFNO3. The van der Waals surface area contributed by atoms with Gasteiger partial charge in [-0.15, -0.1) is 0 Å². The first-order chi connectivity index (χ1) is 9.21. The number of halogens is 2. The second-order valence-corrected chi connectivity index (χ2v) is 5.85. The highest BCUT2D eigenvalue weighted by Gasteiger charge is 2.32. The summed E-state index contributed by atoms with van der Waals surface area (Å²) in [6.07, 6.45) is 0. The van der Waals surface area contributed by atoms with Crippen LogP contribution in [-0.2, 0) is 5.41 Å². The molecule has 2 rings (SSSR count). The molecule has 106 valence electrons. The largest absolute Gasteiger partial charge is 0.477 e. The van der Waals surface area contributed by atoms with Crippen molar-refractivity contribution in [3.05, 3.63) is 40.4 Å². The van der Waals surface area contributed by atoms with Crippen LogP contribution >= 0.6 is 11.6 Å². The summed E-state index contributed by atoms with van der Waals surface area (Å²) in [5.41, 5.74) is -0.746. The zero-order valence-electron chi connectivity index (χ0n) is 11.2. The van der Waals surface area contributed by atoms with E-state index in [4.69, 9.17) is 16.1 Å². The molecular weight excluding hydrogens is 285 g/mol. The molecule has 0 fully saturated rings. The molecule has 1 aromatic carbocycles. The van der Waals surface area contributed by atoms with Crippen LogP contribution in [0.4, 0.5) is 4.39 Å². The molecule has 0 radical (unpaired) electrons. The fourth-order valence-corrected chi connectivity index (χ4v) is 2.04. The minimum absolute atomic E-state index is 0.00847. The summed E-state index contributed by atoms with van der Waals surface area (Å²) < 4.78 is 19.0. The number of carboxylic acids is 1. The molecule has 0 unspecified atom stereocenters. The van der Waals surface area contributed by atoms with Crippen molar-refractivity contribution in [3.63, 3.8) is 0 Å². The fraction of sp³-hybridized carbons (Fsp3) is 0.286. The zero-order chi connectivity index (χ0) is 15.1. The van der Waals surface area contributed by atoms with Gasteiger partial charge in [0.1, 0.15) is 17.1 Å². The van der Waals surface area contributed by atoms with Gasteiger partial charge in [0.15, 0.2) is 5.76 Å². The van der Waals surface area contributed by atoms with E-state index in [-0.39, 0.29) is 27.6 Å². The maximum absolute atomic E-state index is 13.9. The Balaban J connectivity index is 2.73. The van der Waals surface area contributed by atoms with E-state index in [0.717, 1.165) is 6.07 Å². The highest BCUT2D eigenvalue weighted by Crippen LogP contribution is 2.34. The first-order valence-corrected chi connectivity index (χ1v) is 6.28. The van der Waals surface area contributed by atoms with Crippen molar-refractivity contribution in [1.82, 2.24) is 5.16 Å².